The van der Waals surface area contributed by atoms with Crippen LogP contribution in [0.1, 0.15) is 11.3 Å². The molecular formula is C13H11ClN4O. The van der Waals surface area contributed by atoms with Crippen LogP contribution >= 0.6 is 11.6 Å². The number of anilines is 1. The molecule has 0 radical (unpaired) electrons. The molecule has 1 aromatic carbocycles. The first-order valence-corrected chi connectivity index (χ1v) is 5.96. The fourth-order valence-corrected chi connectivity index (χ4v) is 1.75. The lowest BCUT2D eigenvalue weighted by atomic mass is 10.2. The number of carbonyl (C=O) groups is 1. The number of nitriles is 1. The SMILES string of the molecule is Cc1nn(CC(=O)Nc2ccccc2C#N)cc1Cl. The second-order valence-electron chi connectivity index (χ2n) is 3.97. The van der Waals surface area contributed by atoms with Gasteiger partial charge >= 0.3 is 0 Å². The van der Waals surface area contributed by atoms with Gasteiger partial charge in [-0.1, -0.05) is 23.7 Å². The van der Waals surface area contributed by atoms with E-state index in [-0.39, 0.29) is 12.5 Å². The number of aromatic nitrogens is 2. The number of rotatable bonds is 3. The number of hydrogen-bond acceptors (Lipinski definition) is 3. The van der Waals surface area contributed by atoms with Crippen LogP contribution < -0.4 is 5.32 Å². The summed E-state index contributed by atoms with van der Waals surface area (Å²) in [4.78, 5) is 11.8. The molecule has 0 aliphatic carbocycles. The molecule has 0 fully saturated rings. The Kier molecular flexibility index (Phi) is 3.83. The van der Waals surface area contributed by atoms with Crippen LogP contribution in [0.25, 0.3) is 0 Å². The predicted octanol–water partition coefficient (Wildman–Crippen LogP) is 2.36. The summed E-state index contributed by atoms with van der Waals surface area (Å²) in [6, 6.07) is 8.84. The Morgan fingerprint density at radius 1 is 1.53 bits per heavy atom. The molecule has 1 N–H and O–H groups in total. The van der Waals surface area contributed by atoms with Crippen LogP contribution in [0, 0.1) is 18.3 Å². The summed E-state index contributed by atoms with van der Waals surface area (Å²) < 4.78 is 1.46. The van der Waals surface area contributed by atoms with E-state index in [1.54, 1.807) is 37.4 Å². The molecule has 0 bridgehead atoms. The van der Waals surface area contributed by atoms with Gasteiger partial charge in [0.1, 0.15) is 12.6 Å². The van der Waals surface area contributed by atoms with Crippen molar-refractivity contribution < 1.29 is 4.79 Å². The average Bonchev–Trinajstić information content (AvgIpc) is 2.68. The zero-order valence-corrected chi connectivity index (χ0v) is 11.0. The maximum Gasteiger partial charge on any atom is 0.246 e. The maximum atomic E-state index is 11.8. The van der Waals surface area contributed by atoms with E-state index >= 15 is 0 Å². The van der Waals surface area contributed by atoms with Crippen LogP contribution in [0.2, 0.25) is 5.02 Å². The molecule has 0 unspecified atom stereocenters. The number of halogens is 1. The smallest absolute Gasteiger partial charge is 0.246 e. The Morgan fingerprint density at radius 2 is 2.26 bits per heavy atom. The van der Waals surface area contributed by atoms with E-state index < -0.39 is 0 Å². The van der Waals surface area contributed by atoms with Crippen LogP contribution in [0.4, 0.5) is 5.69 Å². The third-order valence-electron chi connectivity index (χ3n) is 2.51. The number of aryl methyl sites for hydroxylation is 1. The molecule has 0 aliphatic rings. The fourth-order valence-electron chi connectivity index (χ4n) is 1.60. The summed E-state index contributed by atoms with van der Waals surface area (Å²) in [6.07, 6.45) is 1.59. The molecule has 1 aromatic heterocycles. The topological polar surface area (TPSA) is 70.7 Å². The Balaban J connectivity index is 2.08. The molecule has 0 atom stereocenters. The quantitative estimate of drug-likeness (QED) is 0.934. The van der Waals surface area contributed by atoms with Crippen molar-refractivity contribution in [3.8, 4) is 6.07 Å². The highest BCUT2D eigenvalue weighted by molar-refractivity contribution is 6.31. The van der Waals surface area contributed by atoms with Gasteiger partial charge in [0.25, 0.3) is 0 Å². The van der Waals surface area contributed by atoms with E-state index in [1.807, 2.05) is 6.07 Å². The van der Waals surface area contributed by atoms with Crippen molar-refractivity contribution in [2.75, 3.05) is 5.32 Å². The molecule has 2 rings (SSSR count). The summed E-state index contributed by atoms with van der Waals surface area (Å²) in [6.45, 7) is 1.81. The van der Waals surface area contributed by atoms with Gasteiger partial charge in [0.2, 0.25) is 5.91 Å². The molecule has 0 saturated carbocycles. The van der Waals surface area contributed by atoms with E-state index in [2.05, 4.69) is 10.4 Å². The van der Waals surface area contributed by atoms with Crippen molar-refractivity contribution in [2.45, 2.75) is 13.5 Å². The number of hydrogen-bond donors (Lipinski definition) is 1. The third kappa shape index (κ3) is 3.12. The van der Waals surface area contributed by atoms with Crippen molar-refractivity contribution in [2.24, 2.45) is 0 Å². The standard InChI is InChI=1S/C13H11ClN4O/c1-9-11(14)7-18(17-9)8-13(19)16-12-5-3-2-4-10(12)6-15/h2-5,7H,8H2,1H3,(H,16,19). The first-order chi connectivity index (χ1) is 9.10. The van der Waals surface area contributed by atoms with Gasteiger partial charge < -0.3 is 5.32 Å². The van der Waals surface area contributed by atoms with Crippen LogP contribution in [0.5, 0.6) is 0 Å². The van der Waals surface area contributed by atoms with Crippen LogP contribution in [0.15, 0.2) is 30.5 Å². The monoisotopic (exact) mass is 274 g/mol. The average molecular weight is 275 g/mol. The molecule has 5 nitrogen and oxygen atoms in total. The van der Waals surface area contributed by atoms with Crippen molar-refractivity contribution >= 4 is 23.2 Å². The Bertz CT molecular complexity index is 637. The molecule has 6 heteroatoms. The number of carbonyl (C=O) groups excluding carboxylic acids is 1. The van der Waals surface area contributed by atoms with Crippen LogP contribution in [0.3, 0.4) is 0 Å². The highest BCUT2D eigenvalue weighted by Crippen LogP contribution is 2.14. The summed E-state index contributed by atoms with van der Waals surface area (Å²) in [5.41, 5.74) is 1.59. The molecule has 19 heavy (non-hydrogen) atoms. The second kappa shape index (κ2) is 5.55. The van der Waals surface area contributed by atoms with E-state index in [0.29, 0.717) is 22.0 Å². The van der Waals surface area contributed by atoms with Gasteiger partial charge in [-0.3, -0.25) is 9.48 Å². The summed E-state index contributed by atoms with van der Waals surface area (Å²) in [5, 5.41) is 16.2. The second-order valence-corrected chi connectivity index (χ2v) is 4.37. The highest BCUT2D eigenvalue weighted by atomic mass is 35.5. The molecule has 0 saturated heterocycles. The number of para-hydroxylation sites is 1. The molecule has 0 aliphatic heterocycles. The predicted molar refractivity (Wildman–Crippen MR) is 71.8 cm³/mol. The van der Waals surface area contributed by atoms with Crippen molar-refractivity contribution in [1.82, 2.24) is 9.78 Å². The molecule has 96 valence electrons. The minimum atomic E-state index is -0.262. The van der Waals surface area contributed by atoms with Gasteiger partial charge in [-0.05, 0) is 19.1 Å². The van der Waals surface area contributed by atoms with Gasteiger partial charge in [0.15, 0.2) is 0 Å². The number of benzene rings is 1. The van der Waals surface area contributed by atoms with Crippen LogP contribution in [-0.2, 0) is 11.3 Å². The normalized spacial score (nSPS) is 9.95. The number of amides is 1. The van der Waals surface area contributed by atoms with Gasteiger partial charge in [-0.25, -0.2) is 0 Å². The summed E-state index contributed by atoms with van der Waals surface area (Å²) >= 11 is 5.86. The molecule has 1 heterocycles. The molecular weight excluding hydrogens is 264 g/mol. The van der Waals surface area contributed by atoms with Gasteiger partial charge in [0, 0.05) is 6.20 Å². The number of nitrogens with zero attached hydrogens (tertiary/aromatic N) is 3. The van der Waals surface area contributed by atoms with Crippen molar-refractivity contribution in [3.63, 3.8) is 0 Å². The zero-order valence-electron chi connectivity index (χ0n) is 10.2. The van der Waals surface area contributed by atoms with E-state index in [1.165, 1.54) is 4.68 Å². The van der Waals surface area contributed by atoms with Gasteiger partial charge in [-0.15, -0.1) is 0 Å². The number of nitrogens with one attached hydrogen (secondary N) is 1. The third-order valence-corrected chi connectivity index (χ3v) is 2.88. The largest absolute Gasteiger partial charge is 0.323 e. The van der Waals surface area contributed by atoms with Gasteiger partial charge in [0.05, 0.1) is 22.0 Å². The summed E-state index contributed by atoms with van der Waals surface area (Å²) in [7, 11) is 0. The van der Waals surface area contributed by atoms with Crippen molar-refractivity contribution in [3.05, 3.63) is 46.7 Å². The fraction of sp³-hybridized carbons (Fsp3) is 0.154. The Labute approximate surface area is 115 Å². The minimum absolute atomic E-state index is 0.0489. The van der Waals surface area contributed by atoms with E-state index in [0.717, 1.165) is 0 Å². The Hall–Kier alpha value is -2.32. The maximum absolute atomic E-state index is 11.8. The lowest BCUT2D eigenvalue weighted by Gasteiger charge is -2.06. The zero-order chi connectivity index (χ0) is 13.8. The molecule has 1 amide bonds. The van der Waals surface area contributed by atoms with Gasteiger partial charge in [-0.2, -0.15) is 10.4 Å². The van der Waals surface area contributed by atoms with E-state index in [9.17, 15) is 4.79 Å². The van der Waals surface area contributed by atoms with Crippen LogP contribution in [-0.4, -0.2) is 15.7 Å². The highest BCUT2D eigenvalue weighted by Gasteiger charge is 2.09. The lowest BCUT2D eigenvalue weighted by Crippen LogP contribution is -2.19. The lowest BCUT2D eigenvalue weighted by molar-refractivity contribution is -0.116. The first kappa shape index (κ1) is 13.1. The molecule has 0 spiro atoms. The Morgan fingerprint density at radius 3 is 2.89 bits per heavy atom. The summed E-state index contributed by atoms with van der Waals surface area (Å²) in [5.74, 6) is -0.262. The van der Waals surface area contributed by atoms with Crippen molar-refractivity contribution in [1.29, 1.82) is 5.26 Å². The van der Waals surface area contributed by atoms with E-state index in [4.69, 9.17) is 16.9 Å². The molecule has 2 aromatic rings. The first-order valence-electron chi connectivity index (χ1n) is 5.58. The minimum Gasteiger partial charge on any atom is -0.323 e.